The zero-order valence-electron chi connectivity index (χ0n) is 38.9. The van der Waals surface area contributed by atoms with Crippen LogP contribution in [0, 0.1) is 0 Å². The van der Waals surface area contributed by atoms with Crippen LogP contribution in [0.25, 0.3) is 22.3 Å². The zero-order valence-corrected chi connectivity index (χ0v) is 39.8. The van der Waals surface area contributed by atoms with Crippen molar-refractivity contribution >= 4 is 41.7 Å². The number of nitrogens with two attached hydrogens (primary N) is 2. The Bertz CT molecular complexity index is 2880. The molecule has 6 heterocycles. The summed E-state index contributed by atoms with van der Waals surface area (Å²) in [4.78, 5) is 25.9. The van der Waals surface area contributed by atoms with Gasteiger partial charge >= 0.3 is 7.75 Å². The number of nitrogen functional groups attached to an aromatic ring is 2. The molecular formula is C48H56N11O10P. The molecule has 4 aromatic heterocycles. The van der Waals surface area contributed by atoms with Crippen molar-refractivity contribution in [1.29, 1.82) is 0 Å². The van der Waals surface area contributed by atoms with Crippen LogP contribution in [-0.4, -0.2) is 115 Å². The normalized spacial score (nSPS) is 24.0. The third-order valence-electron chi connectivity index (χ3n) is 13.4. The minimum Gasteiger partial charge on any atom is -0.497 e. The molecule has 70 heavy (non-hydrogen) atoms. The quantitative estimate of drug-likeness (QED) is 0.0580. The average Bonchev–Trinajstić information content (AvgIpc) is 4.19. The highest BCUT2D eigenvalue weighted by Crippen LogP contribution is 2.52. The second kappa shape index (κ2) is 20.3. The van der Waals surface area contributed by atoms with E-state index in [1.54, 1.807) is 29.7 Å². The minimum atomic E-state index is -4.30. The number of ether oxygens (including phenoxy) is 6. The van der Waals surface area contributed by atoms with Crippen LogP contribution in [0.3, 0.4) is 0 Å². The first-order chi connectivity index (χ1) is 34.1. The molecule has 1 unspecified atom stereocenters. The number of aromatic nitrogens is 8. The Balaban J connectivity index is 0.996. The van der Waals surface area contributed by atoms with Crippen molar-refractivity contribution in [2.45, 2.75) is 93.1 Å². The van der Waals surface area contributed by atoms with Gasteiger partial charge in [0, 0.05) is 19.6 Å². The standard InChI is InChI=1S/C48H56N11O10P/c1-62-33-18-14-30(15-19-33)48(29-10-6-4-7-11-29,31-16-20-34(63-2)21-17-31)65-23-36-35(22-38(67-36)58-27-55-39-43(49)51-25-53-45(39)58)69-70(61,57-32-12-8-5-9-13-32)66-24-37-41(60)42(64-3)47(68-37)59-28-56-40-44(50)52-26-54-46(40)59/h4,6-7,10-11,14-21,25-28,32,35-38,41-42,47,60H,5,8-9,12-13,22-24H2,1-3H3,(H,57,61)(H2,49,51,53)(H2,50,52,54)/t35-,36+,37+,38+,41+,42+,47+,70?/m0/s1. The Morgan fingerprint density at radius 3 is 1.91 bits per heavy atom. The topological polar surface area (TPSA) is 262 Å². The van der Waals surface area contributed by atoms with Gasteiger partial charge < -0.3 is 45.0 Å². The zero-order chi connectivity index (χ0) is 48.4. The molecule has 22 heteroatoms. The van der Waals surface area contributed by atoms with Crippen LogP contribution in [0.5, 0.6) is 11.5 Å². The number of rotatable bonds is 18. The summed E-state index contributed by atoms with van der Waals surface area (Å²) in [5, 5.41) is 15.0. The second-order valence-electron chi connectivity index (χ2n) is 17.5. The van der Waals surface area contributed by atoms with Crippen LogP contribution in [0.2, 0.25) is 0 Å². The molecule has 8 atom stereocenters. The second-order valence-corrected chi connectivity index (χ2v) is 19.2. The molecule has 0 bridgehead atoms. The van der Waals surface area contributed by atoms with Gasteiger partial charge in [0.15, 0.2) is 29.2 Å². The number of hydrogen-bond donors (Lipinski definition) is 4. The fourth-order valence-corrected chi connectivity index (χ4v) is 11.6. The van der Waals surface area contributed by atoms with Crippen molar-refractivity contribution < 1.29 is 47.1 Å². The summed E-state index contributed by atoms with van der Waals surface area (Å²) in [6.45, 7) is -0.416. The average molecular weight is 978 g/mol. The fraction of sp³-hybridized carbons (Fsp3) is 0.417. The van der Waals surface area contributed by atoms with E-state index in [1.165, 1.54) is 26.1 Å². The predicted octanol–water partition coefficient (Wildman–Crippen LogP) is 5.85. The van der Waals surface area contributed by atoms with E-state index < -0.39 is 56.3 Å². The summed E-state index contributed by atoms with van der Waals surface area (Å²) in [6, 6.07) is 25.1. The maximum absolute atomic E-state index is 15.6. The Morgan fingerprint density at radius 2 is 1.31 bits per heavy atom. The molecule has 1 saturated carbocycles. The Hall–Kier alpha value is -6.13. The Kier molecular flexibility index (Phi) is 13.8. The van der Waals surface area contributed by atoms with Crippen LogP contribution >= 0.6 is 7.75 Å². The maximum Gasteiger partial charge on any atom is 0.406 e. The van der Waals surface area contributed by atoms with Crippen LogP contribution in [-0.2, 0) is 38.2 Å². The number of nitrogens with zero attached hydrogens (tertiary/aromatic N) is 8. The summed E-state index contributed by atoms with van der Waals surface area (Å²) >= 11 is 0. The number of methoxy groups -OCH3 is 3. The summed E-state index contributed by atoms with van der Waals surface area (Å²) in [5.41, 5.74) is 15.1. The van der Waals surface area contributed by atoms with E-state index in [0.717, 1.165) is 48.8 Å². The molecule has 3 aliphatic rings. The third-order valence-corrected chi connectivity index (χ3v) is 15.1. The summed E-state index contributed by atoms with van der Waals surface area (Å²) in [6.07, 6.45) is 3.85. The molecule has 10 rings (SSSR count). The highest BCUT2D eigenvalue weighted by molar-refractivity contribution is 7.51. The van der Waals surface area contributed by atoms with Gasteiger partial charge in [-0.3, -0.25) is 18.2 Å². The number of fused-ring (bicyclic) bond motifs is 2. The van der Waals surface area contributed by atoms with Gasteiger partial charge in [-0.2, -0.15) is 0 Å². The predicted molar refractivity (Wildman–Crippen MR) is 255 cm³/mol. The van der Waals surface area contributed by atoms with Gasteiger partial charge in [-0.25, -0.2) is 39.6 Å². The lowest BCUT2D eigenvalue weighted by Crippen LogP contribution is -2.40. The van der Waals surface area contributed by atoms with Crippen LogP contribution < -0.4 is 26.0 Å². The van der Waals surface area contributed by atoms with E-state index in [9.17, 15) is 5.11 Å². The van der Waals surface area contributed by atoms with Gasteiger partial charge in [0.25, 0.3) is 0 Å². The van der Waals surface area contributed by atoms with Crippen molar-refractivity contribution in [2.24, 2.45) is 0 Å². The number of imidazole rings is 2. The molecule has 2 saturated heterocycles. The van der Waals surface area contributed by atoms with Gasteiger partial charge in [0.05, 0.1) is 40.1 Å². The lowest BCUT2D eigenvalue weighted by atomic mass is 9.80. The summed E-state index contributed by atoms with van der Waals surface area (Å²) in [5.74, 6) is 1.75. The molecule has 0 spiro atoms. The highest BCUT2D eigenvalue weighted by Gasteiger charge is 2.49. The van der Waals surface area contributed by atoms with E-state index in [2.05, 4.69) is 35.0 Å². The third kappa shape index (κ3) is 9.20. The molecule has 7 aromatic rings. The molecule has 3 aromatic carbocycles. The first-order valence-corrected chi connectivity index (χ1v) is 24.7. The number of aliphatic hydroxyl groups excluding tert-OH is 1. The smallest absolute Gasteiger partial charge is 0.406 e. The lowest BCUT2D eigenvalue weighted by Gasteiger charge is -2.37. The molecule has 6 N–H and O–H groups in total. The Labute approximate surface area is 403 Å². The van der Waals surface area contributed by atoms with Gasteiger partial charge in [0.2, 0.25) is 0 Å². The fourth-order valence-electron chi connectivity index (χ4n) is 9.79. The molecule has 2 aliphatic heterocycles. The molecular weight excluding hydrogens is 922 g/mol. The molecule has 368 valence electrons. The lowest BCUT2D eigenvalue weighted by molar-refractivity contribution is -0.0925. The SMILES string of the molecule is COc1ccc(C(OC[C@H]2O[C@@H](n3cnc4c(N)ncnc43)C[C@@H]2OP(=O)(NC2CCCCC2)OC[C@H]2O[C@@H](n3cnc4c(N)ncnc43)[C@H](OC)[C@@H]2O)(c2ccccc2)c2ccc(OC)cc2)cc1. The van der Waals surface area contributed by atoms with Crippen LogP contribution in [0.15, 0.2) is 104 Å². The van der Waals surface area contributed by atoms with Crippen LogP contribution in [0.4, 0.5) is 11.6 Å². The number of hydrogen-bond acceptors (Lipinski definition) is 18. The monoisotopic (exact) mass is 977 g/mol. The van der Waals surface area contributed by atoms with E-state index in [-0.39, 0.29) is 37.3 Å². The number of nitrogens with one attached hydrogen (secondary N) is 1. The van der Waals surface area contributed by atoms with Crippen molar-refractivity contribution in [3.05, 3.63) is 121 Å². The van der Waals surface area contributed by atoms with Gasteiger partial charge in [0.1, 0.15) is 77.5 Å². The van der Waals surface area contributed by atoms with Crippen LogP contribution in [0.1, 0.15) is 67.7 Å². The van der Waals surface area contributed by atoms with Crippen molar-refractivity contribution in [3.63, 3.8) is 0 Å². The molecule has 21 nitrogen and oxygen atoms in total. The molecule has 0 amide bonds. The molecule has 0 radical (unpaired) electrons. The highest BCUT2D eigenvalue weighted by atomic mass is 31.2. The van der Waals surface area contributed by atoms with Crippen molar-refractivity contribution in [2.75, 3.05) is 46.0 Å². The van der Waals surface area contributed by atoms with E-state index in [4.69, 9.17) is 48.9 Å². The largest absolute Gasteiger partial charge is 0.497 e. The van der Waals surface area contributed by atoms with E-state index in [1.807, 2.05) is 78.9 Å². The first kappa shape index (κ1) is 47.5. The molecule has 3 fully saturated rings. The van der Waals surface area contributed by atoms with E-state index in [0.29, 0.717) is 33.8 Å². The van der Waals surface area contributed by atoms with Gasteiger partial charge in [-0.05, 0) is 53.8 Å². The Morgan fingerprint density at radius 1 is 0.729 bits per heavy atom. The van der Waals surface area contributed by atoms with Gasteiger partial charge in [-0.15, -0.1) is 0 Å². The molecule has 1 aliphatic carbocycles. The number of aliphatic hydroxyl groups is 1. The van der Waals surface area contributed by atoms with Crippen molar-refractivity contribution in [3.8, 4) is 11.5 Å². The maximum atomic E-state index is 15.6. The van der Waals surface area contributed by atoms with Gasteiger partial charge in [-0.1, -0.05) is 73.9 Å². The van der Waals surface area contributed by atoms with Crippen molar-refractivity contribution in [1.82, 2.24) is 44.1 Å². The summed E-state index contributed by atoms with van der Waals surface area (Å²) in [7, 11) is 0.409. The van der Waals surface area contributed by atoms with E-state index >= 15 is 4.57 Å². The summed E-state index contributed by atoms with van der Waals surface area (Å²) < 4.78 is 69.8. The number of benzene rings is 3. The minimum absolute atomic E-state index is 0.0735. The number of anilines is 2. The first-order valence-electron chi connectivity index (χ1n) is 23.2.